The maximum atomic E-state index is 12.9. The van der Waals surface area contributed by atoms with Crippen LogP contribution < -0.4 is 15.4 Å². The lowest BCUT2D eigenvalue weighted by Gasteiger charge is -2.34. The Morgan fingerprint density at radius 1 is 1.00 bits per heavy atom. The summed E-state index contributed by atoms with van der Waals surface area (Å²) < 4.78 is 10.8. The maximum absolute atomic E-state index is 12.9. The number of carbonyl (C=O) groups excluding carboxylic acids is 1. The molecule has 1 aliphatic rings. The highest BCUT2D eigenvalue weighted by Crippen LogP contribution is 2.27. The highest BCUT2D eigenvalue weighted by Gasteiger charge is 2.18. The minimum atomic E-state index is -0.214. The fourth-order valence-corrected chi connectivity index (χ4v) is 4.42. The lowest BCUT2D eigenvalue weighted by atomic mass is 10.2. The summed E-state index contributed by atoms with van der Waals surface area (Å²) in [6.45, 7) is 6.41. The first-order chi connectivity index (χ1) is 17.7. The molecular weight excluding hydrogens is 454 g/mol. The predicted octanol–water partition coefficient (Wildman–Crippen LogP) is 4.13. The summed E-state index contributed by atoms with van der Waals surface area (Å²) in [6, 6.07) is 21.6. The number of piperazine rings is 1. The molecule has 0 bridgehead atoms. The Morgan fingerprint density at radius 3 is 2.50 bits per heavy atom. The third kappa shape index (κ3) is 5.84. The van der Waals surface area contributed by atoms with Gasteiger partial charge in [-0.15, -0.1) is 0 Å². The summed E-state index contributed by atoms with van der Waals surface area (Å²) in [7, 11) is 1.63. The van der Waals surface area contributed by atoms with E-state index < -0.39 is 0 Å². The molecule has 5 rings (SSSR count). The van der Waals surface area contributed by atoms with Gasteiger partial charge in [0.25, 0.3) is 5.91 Å². The molecule has 0 spiro atoms. The normalized spacial score (nSPS) is 14.6. The molecule has 1 fully saturated rings. The Hall–Kier alpha value is -3.88. The average molecular weight is 486 g/mol. The molecule has 8 heteroatoms. The summed E-state index contributed by atoms with van der Waals surface area (Å²) in [5, 5.41) is 7.12. The van der Waals surface area contributed by atoms with Crippen molar-refractivity contribution in [3.8, 4) is 5.75 Å². The van der Waals surface area contributed by atoms with Crippen molar-refractivity contribution in [3.05, 3.63) is 84.3 Å². The van der Waals surface area contributed by atoms with E-state index in [4.69, 9.17) is 9.15 Å². The number of rotatable bonds is 9. The molecule has 0 atom stereocenters. The van der Waals surface area contributed by atoms with Crippen LogP contribution in [0.4, 0.5) is 11.5 Å². The van der Waals surface area contributed by atoms with Crippen molar-refractivity contribution < 1.29 is 13.9 Å². The second kappa shape index (κ2) is 11.2. The number of fused-ring (bicyclic) bond motifs is 1. The van der Waals surface area contributed by atoms with E-state index in [1.165, 1.54) is 5.56 Å². The first kappa shape index (κ1) is 23.8. The van der Waals surface area contributed by atoms with Gasteiger partial charge in [-0.3, -0.25) is 14.6 Å². The van der Waals surface area contributed by atoms with Crippen LogP contribution in [0.1, 0.15) is 16.1 Å². The number of nitrogens with zero attached hydrogens (tertiary/aromatic N) is 3. The highest BCUT2D eigenvalue weighted by molar-refractivity contribution is 5.99. The average Bonchev–Trinajstić information content (AvgIpc) is 3.40. The van der Waals surface area contributed by atoms with Crippen LogP contribution in [0, 0.1) is 0 Å². The molecule has 0 unspecified atom stereocenters. The smallest absolute Gasteiger partial charge is 0.270 e. The van der Waals surface area contributed by atoms with Crippen molar-refractivity contribution >= 4 is 28.4 Å². The Kier molecular flexibility index (Phi) is 7.44. The zero-order chi connectivity index (χ0) is 24.7. The SMILES string of the molecule is COc1ccc(Nc2nc(C(=O)NCCN3CCN(Cc4ccccc4)CC3)cc3occc23)cc1. The lowest BCUT2D eigenvalue weighted by molar-refractivity contribution is 0.0929. The van der Waals surface area contributed by atoms with Gasteiger partial charge in [-0.1, -0.05) is 30.3 Å². The van der Waals surface area contributed by atoms with Crippen molar-refractivity contribution in [1.29, 1.82) is 0 Å². The highest BCUT2D eigenvalue weighted by atomic mass is 16.5. The molecule has 3 heterocycles. The zero-order valence-electron chi connectivity index (χ0n) is 20.4. The summed E-state index contributed by atoms with van der Waals surface area (Å²) in [4.78, 5) is 22.4. The van der Waals surface area contributed by atoms with Gasteiger partial charge in [0, 0.05) is 57.6 Å². The van der Waals surface area contributed by atoms with E-state index in [1.54, 1.807) is 19.4 Å². The molecule has 8 nitrogen and oxygen atoms in total. The Labute approximate surface area is 210 Å². The number of amides is 1. The van der Waals surface area contributed by atoms with Crippen LogP contribution in [-0.4, -0.2) is 67.1 Å². The van der Waals surface area contributed by atoms with E-state index in [-0.39, 0.29) is 5.91 Å². The van der Waals surface area contributed by atoms with E-state index in [2.05, 4.69) is 55.7 Å². The fourth-order valence-electron chi connectivity index (χ4n) is 4.42. The molecule has 2 N–H and O–H groups in total. The van der Waals surface area contributed by atoms with Gasteiger partial charge in [-0.2, -0.15) is 0 Å². The molecule has 2 aromatic heterocycles. The second-order valence-electron chi connectivity index (χ2n) is 8.90. The molecule has 36 heavy (non-hydrogen) atoms. The van der Waals surface area contributed by atoms with Crippen molar-refractivity contribution in [3.63, 3.8) is 0 Å². The number of benzene rings is 2. The molecule has 4 aromatic rings. The van der Waals surface area contributed by atoms with Crippen molar-refractivity contribution in [1.82, 2.24) is 20.1 Å². The molecule has 186 valence electrons. The van der Waals surface area contributed by atoms with Gasteiger partial charge in [0.05, 0.1) is 18.8 Å². The van der Waals surface area contributed by atoms with Gasteiger partial charge in [0.2, 0.25) is 0 Å². The monoisotopic (exact) mass is 485 g/mol. The molecule has 0 saturated carbocycles. The maximum Gasteiger partial charge on any atom is 0.270 e. The topological polar surface area (TPSA) is 82.9 Å². The first-order valence-corrected chi connectivity index (χ1v) is 12.2. The second-order valence-corrected chi connectivity index (χ2v) is 8.90. The number of methoxy groups -OCH3 is 1. The first-order valence-electron chi connectivity index (χ1n) is 12.2. The number of anilines is 2. The molecule has 1 amide bonds. The molecule has 0 radical (unpaired) electrons. The largest absolute Gasteiger partial charge is 0.497 e. The quantitative estimate of drug-likeness (QED) is 0.369. The zero-order valence-corrected chi connectivity index (χ0v) is 20.4. The number of carbonyl (C=O) groups is 1. The van der Waals surface area contributed by atoms with E-state index in [1.807, 2.05) is 30.3 Å². The van der Waals surface area contributed by atoms with Gasteiger partial charge in [-0.05, 0) is 35.9 Å². The van der Waals surface area contributed by atoms with Crippen LogP contribution in [0.25, 0.3) is 11.0 Å². The van der Waals surface area contributed by atoms with Gasteiger partial charge in [0.1, 0.15) is 22.8 Å². The predicted molar refractivity (Wildman–Crippen MR) is 141 cm³/mol. The fraction of sp³-hybridized carbons (Fsp3) is 0.286. The number of hydrogen-bond acceptors (Lipinski definition) is 7. The number of nitrogens with one attached hydrogen (secondary N) is 2. The van der Waals surface area contributed by atoms with E-state index in [9.17, 15) is 4.79 Å². The minimum Gasteiger partial charge on any atom is -0.497 e. The van der Waals surface area contributed by atoms with Crippen molar-refractivity contribution in [2.75, 3.05) is 51.7 Å². The van der Waals surface area contributed by atoms with Gasteiger partial charge in [-0.25, -0.2) is 4.98 Å². The Morgan fingerprint density at radius 2 is 1.75 bits per heavy atom. The van der Waals surface area contributed by atoms with Crippen LogP contribution in [0.3, 0.4) is 0 Å². The number of hydrogen-bond donors (Lipinski definition) is 2. The summed E-state index contributed by atoms with van der Waals surface area (Å²) >= 11 is 0. The van der Waals surface area contributed by atoms with E-state index in [0.29, 0.717) is 23.6 Å². The number of pyridine rings is 1. The molecule has 1 saturated heterocycles. The van der Waals surface area contributed by atoms with Gasteiger partial charge < -0.3 is 19.8 Å². The summed E-state index contributed by atoms with van der Waals surface area (Å²) in [5.41, 5.74) is 3.12. The van der Waals surface area contributed by atoms with E-state index in [0.717, 1.165) is 56.1 Å². The Bertz CT molecular complexity index is 1280. The van der Waals surface area contributed by atoms with Crippen LogP contribution in [0.15, 0.2) is 77.4 Å². The lowest BCUT2D eigenvalue weighted by Crippen LogP contribution is -2.48. The van der Waals surface area contributed by atoms with Crippen molar-refractivity contribution in [2.24, 2.45) is 0 Å². The molecule has 0 aliphatic carbocycles. The van der Waals surface area contributed by atoms with Crippen molar-refractivity contribution in [2.45, 2.75) is 6.54 Å². The number of furan rings is 1. The minimum absolute atomic E-state index is 0.214. The van der Waals surface area contributed by atoms with Gasteiger partial charge >= 0.3 is 0 Å². The third-order valence-electron chi connectivity index (χ3n) is 6.46. The number of ether oxygens (including phenoxy) is 1. The molecular formula is C28H31N5O3. The molecule has 1 aliphatic heterocycles. The summed E-state index contributed by atoms with van der Waals surface area (Å²) in [5.74, 6) is 1.13. The van der Waals surface area contributed by atoms with Crippen LogP contribution >= 0.6 is 0 Å². The summed E-state index contributed by atoms with van der Waals surface area (Å²) in [6.07, 6.45) is 1.60. The standard InChI is InChI=1S/C28H31N5O3/c1-35-23-9-7-22(8-10-23)30-27-24-11-18-36-26(24)19-25(31-27)28(34)29-12-13-32-14-16-33(17-15-32)20-21-5-3-2-4-6-21/h2-11,18-19H,12-17,20H2,1H3,(H,29,34)(H,30,31). The van der Waals surface area contributed by atoms with E-state index >= 15 is 0 Å². The number of aromatic nitrogens is 1. The van der Waals surface area contributed by atoms with Gasteiger partial charge in [0.15, 0.2) is 0 Å². The Balaban J connectivity index is 1.14. The third-order valence-corrected chi connectivity index (χ3v) is 6.46. The van der Waals surface area contributed by atoms with Crippen LogP contribution in [0.2, 0.25) is 0 Å². The van der Waals surface area contributed by atoms with Crippen LogP contribution in [-0.2, 0) is 6.54 Å². The molecule has 2 aromatic carbocycles. The van der Waals surface area contributed by atoms with Crippen LogP contribution in [0.5, 0.6) is 5.75 Å².